The van der Waals surface area contributed by atoms with Gasteiger partial charge in [0.1, 0.15) is 5.82 Å². The van der Waals surface area contributed by atoms with Gasteiger partial charge in [-0.1, -0.05) is 42.0 Å². The van der Waals surface area contributed by atoms with E-state index in [1.165, 1.54) is 6.07 Å². The third kappa shape index (κ3) is 2.54. The van der Waals surface area contributed by atoms with E-state index in [0.29, 0.717) is 5.69 Å². The second kappa shape index (κ2) is 4.71. The summed E-state index contributed by atoms with van der Waals surface area (Å²) in [4.78, 5) is 4.12. The number of rotatable bonds is 2. The van der Waals surface area contributed by atoms with Crippen LogP contribution in [0, 0.1) is 12.7 Å². The lowest BCUT2D eigenvalue weighted by atomic mass is 10.1. The van der Waals surface area contributed by atoms with Crippen LogP contribution in [0.5, 0.6) is 0 Å². The summed E-state index contributed by atoms with van der Waals surface area (Å²) in [5, 5.41) is 0. The Bertz CT molecular complexity index is 518. The number of hydrogen-bond acceptors (Lipinski definition) is 1. The number of para-hydroxylation sites is 1. The van der Waals surface area contributed by atoms with Gasteiger partial charge in [0.15, 0.2) is 0 Å². The normalized spacial score (nSPS) is 10.9. The summed E-state index contributed by atoms with van der Waals surface area (Å²) < 4.78 is 13.3. The van der Waals surface area contributed by atoms with Crippen LogP contribution in [0.1, 0.15) is 11.1 Å². The molecule has 0 aliphatic heterocycles. The van der Waals surface area contributed by atoms with Gasteiger partial charge in [0.05, 0.1) is 5.69 Å². The van der Waals surface area contributed by atoms with Crippen molar-refractivity contribution in [3.8, 4) is 0 Å². The molecule has 0 fully saturated rings. The molecule has 2 aromatic carbocycles. The van der Waals surface area contributed by atoms with Crippen LogP contribution in [0.3, 0.4) is 0 Å². The first-order chi connectivity index (χ1) is 7.75. The Morgan fingerprint density at radius 2 is 1.88 bits per heavy atom. The Labute approximate surface area is 94.3 Å². The van der Waals surface area contributed by atoms with Gasteiger partial charge in [-0.2, -0.15) is 0 Å². The zero-order valence-electron chi connectivity index (χ0n) is 9.02. The van der Waals surface area contributed by atoms with Crippen molar-refractivity contribution in [2.45, 2.75) is 6.92 Å². The Morgan fingerprint density at radius 1 is 1.06 bits per heavy atom. The van der Waals surface area contributed by atoms with Gasteiger partial charge in [-0.15, -0.1) is 0 Å². The quantitative estimate of drug-likeness (QED) is 0.671. The number of halogens is 1. The lowest BCUT2D eigenvalue weighted by Crippen LogP contribution is -1.82. The molecule has 0 saturated carbocycles. The van der Waals surface area contributed by atoms with Crippen LogP contribution in [-0.2, 0) is 0 Å². The highest BCUT2D eigenvalue weighted by Crippen LogP contribution is 2.16. The van der Waals surface area contributed by atoms with Crippen LogP contribution < -0.4 is 0 Å². The van der Waals surface area contributed by atoms with Crippen molar-refractivity contribution in [1.29, 1.82) is 0 Å². The van der Waals surface area contributed by atoms with Crippen molar-refractivity contribution < 1.29 is 4.39 Å². The van der Waals surface area contributed by atoms with Gasteiger partial charge in [0.2, 0.25) is 0 Å². The predicted octanol–water partition coefficient (Wildman–Crippen LogP) is 3.88. The Kier molecular flexibility index (Phi) is 3.10. The summed E-state index contributed by atoms with van der Waals surface area (Å²) in [5.74, 6) is -0.300. The smallest absolute Gasteiger partial charge is 0.148 e. The molecule has 0 atom stereocenters. The minimum atomic E-state index is -0.300. The monoisotopic (exact) mass is 213 g/mol. The average molecular weight is 213 g/mol. The lowest BCUT2D eigenvalue weighted by Gasteiger charge is -1.97. The van der Waals surface area contributed by atoms with Crippen molar-refractivity contribution in [3.05, 3.63) is 65.5 Å². The molecule has 0 aliphatic rings. The van der Waals surface area contributed by atoms with E-state index in [9.17, 15) is 4.39 Å². The van der Waals surface area contributed by atoms with Crippen molar-refractivity contribution in [1.82, 2.24) is 0 Å². The molecule has 0 unspecified atom stereocenters. The first-order valence-corrected chi connectivity index (χ1v) is 5.11. The maximum Gasteiger partial charge on any atom is 0.148 e. The highest BCUT2D eigenvalue weighted by atomic mass is 19.1. The van der Waals surface area contributed by atoms with Gasteiger partial charge >= 0.3 is 0 Å². The lowest BCUT2D eigenvalue weighted by molar-refractivity contribution is 0.630. The standard InChI is InChI=1S/C14H12FN/c1-11-5-4-6-12(9-11)10-16-14-8-3-2-7-13(14)15/h2-10H,1H3. The third-order valence-electron chi connectivity index (χ3n) is 2.25. The molecule has 0 aliphatic carbocycles. The minimum Gasteiger partial charge on any atom is -0.253 e. The average Bonchev–Trinajstić information content (AvgIpc) is 2.28. The minimum absolute atomic E-state index is 0.300. The summed E-state index contributed by atoms with van der Waals surface area (Å²) in [7, 11) is 0. The van der Waals surface area contributed by atoms with Crippen LogP contribution in [0.15, 0.2) is 53.5 Å². The van der Waals surface area contributed by atoms with E-state index < -0.39 is 0 Å². The molecule has 0 radical (unpaired) electrons. The molecular weight excluding hydrogens is 201 g/mol. The molecule has 2 heteroatoms. The Morgan fingerprint density at radius 3 is 2.62 bits per heavy atom. The van der Waals surface area contributed by atoms with Gasteiger partial charge in [-0.05, 0) is 24.6 Å². The highest BCUT2D eigenvalue weighted by molar-refractivity contribution is 5.82. The molecule has 80 valence electrons. The maximum atomic E-state index is 13.3. The fourth-order valence-electron chi connectivity index (χ4n) is 1.45. The summed E-state index contributed by atoms with van der Waals surface area (Å²) in [6.45, 7) is 2.01. The number of aryl methyl sites for hydroxylation is 1. The van der Waals surface area contributed by atoms with Crippen LogP contribution in [-0.4, -0.2) is 6.21 Å². The molecule has 0 bridgehead atoms. The zero-order chi connectivity index (χ0) is 11.4. The van der Waals surface area contributed by atoms with Gasteiger partial charge in [-0.3, -0.25) is 4.99 Å². The van der Waals surface area contributed by atoms with E-state index in [4.69, 9.17) is 0 Å². The number of nitrogens with zero attached hydrogens (tertiary/aromatic N) is 1. The van der Waals surface area contributed by atoms with Crippen molar-refractivity contribution >= 4 is 11.9 Å². The fraction of sp³-hybridized carbons (Fsp3) is 0.0714. The molecule has 0 saturated heterocycles. The molecule has 0 heterocycles. The molecule has 16 heavy (non-hydrogen) atoms. The molecule has 1 nitrogen and oxygen atoms in total. The summed E-state index contributed by atoms with van der Waals surface area (Å²) in [5.41, 5.74) is 2.50. The van der Waals surface area contributed by atoms with Gasteiger partial charge in [0.25, 0.3) is 0 Å². The number of aliphatic imine (C=N–C) groups is 1. The largest absolute Gasteiger partial charge is 0.253 e. The van der Waals surface area contributed by atoms with Gasteiger partial charge < -0.3 is 0 Å². The molecule has 0 spiro atoms. The van der Waals surface area contributed by atoms with E-state index in [1.54, 1.807) is 24.4 Å². The second-order valence-corrected chi connectivity index (χ2v) is 3.62. The molecule has 0 N–H and O–H groups in total. The molecule has 0 amide bonds. The third-order valence-corrected chi connectivity index (χ3v) is 2.25. The molecular formula is C14H12FN. The SMILES string of the molecule is Cc1cccc(C=Nc2ccccc2F)c1. The van der Waals surface area contributed by atoms with E-state index in [0.717, 1.165) is 11.1 Å². The first-order valence-electron chi connectivity index (χ1n) is 5.11. The number of benzene rings is 2. The molecule has 2 rings (SSSR count). The van der Waals surface area contributed by atoms with Crippen LogP contribution in [0.25, 0.3) is 0 Å². The van der Waals surface area contributed by atoms with E-state index in [1.807, 2.05) is 31.2 Å². The first kappa shape index (κ1) is 10.6. The van der Waals surface area contributed by atoms with Crippen LogP contribution in [0.2, 0.25) is 0 Å². The second-order valence-electron chi connectivity index (χ2n) is 3.62. The van der Waals surface area contributed by atoms with Gasteiger partial charge in [0, 0.05) is 6.21 Å². The zero-order valence-corrected chi connectivity index (χ0v) is 9.02. The molecule has 2 aromatic rings. The van der Waals surface area contributed by atoms with Crippen molar-refractivity contribution in [2.24, 2.45) is 4.99 Å². The van der Waals surface area contributed by atoms with Gasteiger partial charge in [-0.25, -0.2) is 4.39 Å². The highest BCUT2D eigenvalue weighted by Gasteiger charge is 1.96. The fourth-order valence-corrected chi connectivity index (χ4v) is 1.45. The Balaban J connectivity index is 2.25. The summed E-state index contributed by atoms with van der Waals surface area (Å²) in [6, 6.07) is 14.4. The topological polar surface area (TPSA) is 12.4 Å². The maximum absolute atomic E-state index is 13.3. The van der Waals surface area contributed by atoms with E-state index in [-0.39, 0.29) is 5.82 Å². The predicted molar refractivity (Wildman–Crippen MR) is 64.8 cm³/mol. The van der Waals surface area contributed by atoms with Crippen molar-refractivity contribution in [2.75, 3.05) is 0 Å². The Hall–Kier alpha value is -1.96. The summed E-state index contributed by atoms with van der Waals surface area (Å²) in [6.07, 6.45) is 1.67. The summed E-state index contributed by atoms with van der Waals surface area (Å²) >= 11 is 0. The number of hydrogen-bond donors (Lipinski definition) is 0. The van der Waals surface area contributed by atoms with Crippen LogP contribution in [0.4, 0.5) is 10.1 Å². The van der Waals surface area contributed by atoms with Crippen molar-refractivity contribution in [3.63, 3.8) is 0 Å². The van der Waals surface area contributed by atoms with E-state index >= 15 is 0 Å². The van der Waals surface area contributed by atoms with Crippen LogP contribution >= 0.6 is 0 Å². The van der Waals surface area contributed by atoms with E-state index in [2.05, 4.69) is 4.99 Å². The molecule has 0 aromatic heterocycles.